The molecule has 0 aliphatic carbocycles. The Morgan fingerprint density at radius 1 is 1.15 bits per heavy atom. The monoisotopic (exact) mass is 348 g/mol. The lowest BCUT2D eigenvalue weighted by atomic mass is 10.1. The van der Waals surface area contributed by atoms with Gasteiger partial charge in [-0.25, -0.2) is 9.37 Å². The molecule has 0 aliphatic rings. The van der Waals surface area contributed by atoms with Crippen LogP contribution < -0.4 is 10.9 Å². The summed E-state index contributed by atoms with van der Waals surface area (Å²) in [5.41, 5.74) is 0.354. The third-order valence-electron chi connectivity index (χ3n) is 3.99. The predicted molar refractivity (Wildman–Crippen MR) is 96.0 cm³/mol. The first-order chi connectivity index (χ1) is 12.6. The predicted octanol–water partition coefficient (Wildman–Crippen LogP) is 3.11. The third-order valence-corrected chi connectivity index (χ3v) is 3.99. The molecule has 2 N–H and O–H groups in total. The summed E-state index contributed by atoms with van der Waals surface area (Å²) >= 11 is 0. The average Bonchev–Trinajstić information content (AvgIpc) is 3.16. The molecule has 0 fully saturated rings. The maximum absolute atomic E-state index is 14.3. The molecule has 4 aromatic rings. The van der Waals surface area contributed by atoms with E-state index >= 15 is 0 Å². The Kier molecular flexibility index (Phi) is 3.81. The van der Waals surface area contributed by atoms with Gasteiger partial charge in [-0.15, -0.1) is 0 Å². The van der Waals surface area contributed by atoms with Crippen molar-refractivity contribution in [2.45, 2.75) is 0 Å². The second-order valence-electron chi connectivity index (χ2n) is 5.69. The van der Waals surface area contributed by atoms with E-state index in [4.69, 9.17) is 0 Å². The van der Waals surface area contributed by atoms with Crippen LogP contribution in [0.3, 0.4) is 0 Å². The van der Waals surface area contributed by atoms with Crippen LogP contribution in [-0.4, -0.2) is 20.4 Å². The van der Waals surface area contributed by atoms with Gasteiger partial charge in [0, 0.05) is 23.5 Å². The molecule has 4 rings (SSSR count). The summed E-state index contributed by atoms with van der Waals surface area (Å²) in [4.78, 5) is 30.9. The maximum Gasteiger partial charge on any atom is 0.272 e. The van der Waals surface area contributed by atoms with Crippen molar-refractivity contribution in [1.29, 1.82) is 0 Å². The zero-order chi connectivity index (χ0) is 18.1. The van der Waals surface area contributed by atoms with Gasteiger partial charge < -0.3 is 14.9 Å². The largest absolute Gasteiger partial charge is 0.321 e. The molecule has 7 heteroatoms. The molecule has 0 bridgehead atoms. The Bertz CT molecular complexity index is 1170. The highest BCUT2D eigenvalue weighted by Crippen LogP contribution is 2.19. The van der Waals surface area contributed by atoms with Crippen LogP contribution in [0.2, 0.25) is 0 Å². The van der Waals surface area contributed by atoms with E-state index in [0.717, 1.165) is 0 Å². The number of amides is 1. The van der Waals surface area contributed by atoms with Crippen LogP contribution in [0, 0.1) is 5.82 Å². The first-order valence-corrected chi connectivity index (χ1v) is 7.83. The molecule has 0 saturated carbocycles. The van der Waals surface area contributed by atoms with Crippen LogP contribution in [0.1, 0.15) is 10.5 Å². The van der Waals surface area contributed by atoms with Crippen molar-refractivity contribution in [2.75, 3.05) is 5.32 Å². The van der Waals surface area contributed by atoms with E-state index in [2.05, 4.69) is 15.3 Å². The summed E-state index contributed by atoms with van der Waals surface area (Å²) in [6, 6.07) is 12.9. The van der Waals surface area contributed by atoms with Gasteiger partial charge in [0.1, 0.15) is 11.5 Å². The van der Waals surface area contributed by atoms with E-state index in [0.29, 0.717) is 16.5 Å². The van der Waals surface area contributed by atoms with Gasteiger partial charge in [0.2, 0.25) is 0 Å². The van der Waals surface area contributed by atoms with Gasteiger partial charge in [-0.3, -0.25) is 9.59 Å². The number of H-pyrrole nitrogens is 1. The van der Waals surface area contributed by atoms with Crippen molar-refractivity contribution < 1.29 is 9.18 Å². The lowest BCUT2D eigenvalue weighted by Gasteiger charge is -2.09. The van der Waals surface area contributed by atoms with Gasteiger partial charge in [-0.1, -0.05) is 18.2 Å². The van der Waals surface area contributed by atoms with Crippen molar-refractivity contribution in [3.63, 3.8) is 0 Å². The highest BCUT2D eigenvalue weighted by atomic mass is 19.1. The van der Waals surface area contributed by atoms with Crippen LogP contribution in [0.4, 0.5) is 10.1 Å². The number of anilines is 1. The quantitative estimate of drug-likeness (QED) is 0.597. The fraction of sp³-hybridized carbons (Fsp3) is 0. The number of hydrogen-bond acceptors (Lipinski definition) is 3. The van der Waals surface area contributed by atoms with Crippen molar-refractivity contribution in [3.05, 3.63) is 89.1 Å². The lowest BCUT2D eigenvalue weighted by molar-refractivity contribution is 0.102. The van der Waals surface area contributed by atoms with E-state index in [1.165, 1.54) is 23.0 Å². The first-order valence-electron chi connectivity index (χ1n) is 7.83. The van der Waals surface area contributed by atoms with Crippen molar-refractivity contribution >= 4 is 22.4 Å². The molecule has 2 aromatic heterocycles. The Morgan fingerprint density at radius 3 is 2.77 bits per heavy atom. The average molecular weight is 348 g/mol. The normalized spacial score (nSPS) is 10.8. The van der Waals surface area contributed by atoms with Gasteiger partial charge in [0.15, 0.2) is 0 Å². The number of fused-ring (bicyclic) bond motifs is 1. The summed E-state index contributed by atoms with van der Waals surface area (Å²) in [6.45, 7) is 0. The number of nitrogens with one attached hydrogen (secondary N) is 2. The fourth-order valence-electron chi connectivity index (χ4n) is 2.73. The smallest absolute Gasteiger partial charge is 0.272 e. The van der Waals surface area contributed by atoms with Crippen LogP contribution in [-0.2, 0) is 0 Å². The molecule has 128 valence electrons. The first kappa shape index (κ1) is 15.8. The molecule has 0 spiro atoms. The minimum absolute atomic E-state index is 0.104. The highest BCUT2D eigenvalue weighted by Gasteiger charge is 2.12. The summed E-state index contributed by atoms with van der Waals surface area (Å²) in [5.74, 6) is -1.03. The topological polar surface area (TPSA) is 79.8 Å². The number of benzene rings is 2. The second kappa shape index (κ2) is 6.29. The van der Waals surface area contributed by atoms with Gasteiger partial charge in [0.25, 0.3) is 11.5 Å². The highest BCUT2D eigenvalue weighted by molar-refractivity contribution is 6.04. The second-order valence-corrected chi connectivity index (χ2v) is 5.69. The summed E-state index contributed by atoms with van der Waals surface area (Å²) in [7, 11) is 0. The molecule has 0 aliphatic heterocycles. The van der Waals surface area contributed by atoms with Crippen molar-refractivity contribution in [2.24, 2.45) is 0 Å². The van der Waals surface area contributed by atoms with Gasteiger partial charge in [0.05, 0.1) is 12.0 Å². The Hall–Kier alpha value is -3.74. The fourth-order valence-corrected chi connectivity index (χ4v) is 2.73. The van der Waals surface area contributed by atoms with Crippen molar-refractivity contribution in [3.8, 4) is 5.69 Å². The lowest BCUT2D eigenvalue weighted by Crippen LogP contribution is -2.19. The molecule has 6 nitrogen and oxygen atoms in total. The summed E-state index contributed by atoms with van der Waals surface area (Å²) < 4.78 is 15.8. The van der Waals surface area contributed by atoms with Gasteiger partial charge in [-0.2, -0.15) is 0 Å². The Labute approximate surface area is 146 Å². The van der Waals surface area contributed by atoms with Crippen LogP contribution in [0.15, 0.2) is 72.0 Å². The van der Waals surface area contributed by atoms with Crippen LogP contribution in [0.5, 0.6) is 0 Å². The Balaban J connectivity index is 1.62. The number of pyridine rings is 1. The maximum atomic E-state index is 14.3. The Morgan fingerprint density at radius 2 is 2.00 bits per heavy atom. The van der Waals surface area contributed by atoms with Gasteiger partial charge in [-0.05, 0) is 35.7 Å². The molecule has 0 saturated heterocycles. The minimum atomic E-state index is -0.525. The zero-order valence-corrected chi connectivity index (χ0v) is 13.4. The third kappa shape index (κ3) is 2.86. The molecule has 0 radical (unpaired) electrons. The number of carbonyl (C=O) groups excluding carboxylic acids is 1. The molecule has 1 amide bonds. The number of hydrogen-bond donors (Lipinski definition) is 2. The van der Waals surface area contributed by atoms with Gasteiger partial charge >= 0.3 is 0 Å². The van der Waals surface area contributed by atoms with E-state index in [9.17, 15) is 14.0 Å². The van der Waals surface area contributed by atoms with E-state index in [-0.39, 0.29) is 16.9 Å². The number of halogens is 1. The molecule has 2 heterocycles. The number of aromatic amines is 1. The minimum Gasteiger partial charge on any atom is -0.321 e. The number of rotatable bonds is 3. The standard InChI is InChI=1S/C19H13FN4O2/c20-15-10-13(5-6-17(15)24-8-7-21-11-24)22-19(26)16-9-12-3-1-2-4-14(12)18(25)23-16/h1-11H,(H,22,26)(H,23,25). The SMILES string of the molecule is O=C(Nc1ccc(-n2ccnc2)c(F)c1)c1cc2ccccc2c(=O)[nH]1. The molecule has 0 atom stereocenters. The number of aromatic nitrogens is 3. The van der Waals surface area contributed by atoms with E-state index < -0.39 is 11.7 Å². The van der Waals surface area contributed by atoms with E-state index in [1.807, 2.05) is 0 Å². The number of carbonyl (C=O) groups is 1. The molecule has 2 aromatic carbocycles. The molecular weight excluding hydrogens is 335 g/mol. The van der Waals surface area contributed by atoms with Crippen molar-refractivity contribution in [1.82, 2.24) is 14.5 Å². The number of nitrogens with zero attached hydrogens (tertiary/aromatic N) is 2. The number of imidazole rings is 1. The zero-order valence-electron chi connectivity index (χ0n) is 13.4. The van der Waals surface area contributed by atoms with Crippen LogP contribution >= 0.6 is 0 Å². The molecule has 0 unspecified atom stereocenters. The van der Waals surface area contributed by atoms with Crippen LogP contribution in [0.25, 0.3) is 16.5 Å². The summed E-state index contributed by atoms with van der Waals surface area (Å²) in [5, 5.41) is 3.74. The van der Waals surface area contributed by atoms with E-state index in [1.54, 1.807) is 48.8 Å². The molecular formula is C19H13FN4O2. The summed E-state index contributed by atoms with van der Waals surface area (Å²) in [6.07, 6.45) is 4.65. The molecule has 26 heavy (non-hydrogen) atoms.